The second kappa shape index (κ2) is 9.62. The van der Waals surface area contributed by atoms with Crippen LogP contribution in [0.3, 0.4) is 0 Å². The molecule has 7 heteroatoms. The molecule has 1 atom stereocenters. The highest BCUT2D eigenvalue weighted by Crippen LogP contribution is 2.27. The number of likely N-dealkylation sites (tertiary alicyclic amines) is 1. The van der Waals surface area contributed by atoms with Crippen LogP contribution in [0, 0.1) is 0 Å². The van der Waals surface area contributed by atoms with E-state index in [1.807, 2.05) is 18.2 Å². The number of hydrogen-bond acceptors (Lipinski definition) is 4. The van der Waals surface area contributed by atoms with Gasteiger partial charge in [0.2, 0.25) is 5.91 Å². The standard InChI is InChI=1S/C23H29BrN2O3S/c1-23(2,30(28,29)21-13-11-19(24)12-14-21)22(27)25-16-20-10-6-7-15-26(20)17-18-8-4-3-5-9-18/h3-5,8-9,11-14,20H,6-7,10,15-17H2,1-2H3,(H,25,27). The van der Waals surface area contributed by atoms with Gasteiger partial charge in [0.15, 0.2) is 9.84 Å². The van der Waals surface area contributed by atoms with Gasteiger partial charge in [-0.25, -0.2) is 8.42 Å². The predicted molar refractivity (Wildman–Crippen MR) is 123 cm³/mol. The van der Waals surface area contributed by atoms with Crippen LogP contribution in [0.2, 0.25) is 0 Å². The van der Waals surface area contributed by atoms with Crippen molar-refractivity contribution in [1.82, 2.24) is 10.2 Å². The van der Waals surface area contributed by atoms with Gasteiger partial charge in [-0.1, -0.05) is 52.7 Å². The first-order valence-corrected chi connectivity index (χ1v) is 12.6. The summed E-state index contributed by atoms with van der Waals surface area (Å²) in [5.41, 5.74) is 1.24. The third-order valence-corrected chi connectivity index (χ3v) is 8.77. The second-order valence-corrected chi connectivity index (χ2v) is 11.7. The lowest BCUT2D eigenvalue weighted by molar-refractivity contribution is -0.123. The second-order valence-electron chi connectivity index (χ2n) is 8.28. The molecule has 1 heterocycles. The van der Waals surface area contributed by atoms with Crippen LogP contribution in [-0.4, -0.2) is 43.1 Å². The molecule has 1 saturated heterocycles. The number of amides is 1. The Hall–Kier alpha value is -1.70. The Morgan fingerprint density at radius 1 is 1.10 bits per heavy atom. The summed E-state index contributed by atoms with van der Waals surface area (Å²) in [6.45, 7) is 5.22. The monoisotopic (exact) mass is 492 g/mol. The maximum absolute atomic E-state index is 13.1. The maximum atomic E-state index is 13.1. The first-order valence-electron chi connectivity index (χ1n) is 10.3. The molecule has 2 aromatic carbocycles. The smallest absolute Gasteiger partial charge is 0.241 e. The number of rotatable bonds is 7. The SMILES string of the molecule is CC(C)(C(=O)NCC1CCCCN1Cc1ccccc1)S(=O)(=O)c1ccc(Br)cc1. The molecule has 0 aromatic heterocycles. The molecule has 1 fully saturated rings. The topological polar surface area (TPSA) is 66.5 Å². The van der Waals surface area contributed by atoms with E-state index in [4.69, 9.17) is 0 Å². The van der Waals surface area contributed by atoms with E-state index < -0.39 is 20.5 Å². The number of nitrogens with one attached hydrogen (secondary N) is 1. The molecule has 2 aromatic rings. The van der Waals surface area contributed by atoms with Crippen molar-refractivity contribution >= 4 is 31.7 Å². The highest BCUT2D eigenvalue weighted by Gasteiger charge is 2.43. The molecule has 3 rings (SSSR count). The van der Waals surface area contributed by atoms with E-state index in [0.717, 1.165) is 36.8 Å². The molecular formula is C23H29BrN2O3S. The van der Waals surface area contributed by atoms with Gasteiger partial charge in [0.05, 0.1) is 4.90 Å². The number of carbonyl (C=O) groups excluding carboxylic acids is 1. The van der Waals surface area contributed by atoms with Crippen molar-refractivity contribution in [3.8, 4) is 0 Å². The van der Waals surface area contributed by atoms with Crippen molar-refractivity contribution in [1.29, 1.82) is 0 Å². The average Bonchev–Trinajstić information content (AvgIpc) is 2.73. The number of benzene rings is 2. The highest BCUT2D eigenvalue weighted by molar-refractivity contribution is 9.10. The lowest BCUT2D eigenvalue weighted by atomic mass is 10.0. The molecule has 30 heavy (non-hydrogen) atoms. The first kappa shape index (κ1) is 23.0. The summed E-state index contributed by atoms with van der Waals surface area (Å²) in [7, 11) is -3.82. The van der Waals surface area contributed by atoms with Gasteiger partial charge < -0.3 is 5.32 Å². The molecule has 0 aliphatic carbocycles. The van der Waals surface area contributed by atoms with Crippen LogP contribution in [0.1, 0.15) is 38.7 Å². The van der Waals surface area contributed by atoms with Gasteiger partial charge in [-0.15, -0.1) is 0 Å². The van der Waals surface area contributed by atoms with Gasteiger partial charge in [0.25, 0.3) is 0 Å². The van der Waals surface area contributed by atoms with Crippen molar-refractivity contribution in [2.24, 2.45) is 0 Å². The largest absolute Gasteiger partial charge is 0.353 e. The molecule has 5 nitrogen and oxygen atoms in total. The van der Waals surface area contributed by atoms with Crippen LogP contribution in [0.25, 0.3) is 0 Å². The van der Waals surface area contributed by atoms with E-state index in [1.165, 1.54) is 31.5 Å². The number of hydrogen-bond donors (Lipinski definition) is 1. The minimum absolute atomic E-state index is 0.147. The Kier molecular flexibility index (Phi) is 7.37. The quantitative estimate of drug-likeness (QED) is 0.629. The van der Waals surface area contributed by atoms with E-state index in [2.05, 4.69) is 38.3 Å². The molecule has 0 saturated carbocycles. The van der Waals surface area contributed by atoms with Gasteiger partial charge in [-0.2, -0.15) is 0 Å². The van der Waals surface area contributed by atoms with Gasteiger partial charge >= 0.3 is 0 Å². The van der Waals surface area contributed by atoms with E-state index >= 15 is 0 Å². The van der Waals surface area contributed by atoms with Gasteiger partial charge in [0, 0.05) is 23.6 Å². The summed E-state index contributed by atoms with van der Waals surface area (Å²) in [6, 6.07) is 16.9. The number of halogens is 1. The number of sulfone groups is 1. The Balaban J connectivity index is 1.67. The van der Waals surface area contributed by atoms with Gasteiger partial charge in [-0.3, -0.25) is 9.69 Å². The average molecular weight is 493 g/mol. The summed E-state index contributed by atoms with van der Waals surface area (Å²) in [5.74, 6) is -0.462. The lowest BCUT2D eigenvalue weighted by Crippen LogP contribution is -2.52. The molecule has 0 radical (unpaired) electrons. The molecule has 162 valence electrons. The Bertz CT molecular complexity index is 960. The van der Waals surface area contributed by atoms with Crippen molar-refractivity contribution in [2.45, 2.75) is 55.3 Å². The van der Waals surface area contributed by atoms with E-state index in [-0.39, 0.29) is 10.9 Å². The zero-order valence-corrected chi connectivity index (χ0v) is 19.9. The van der Waals surface area contributed by atoms with Crippen molar-refractivity contribution in [3.63, 3.8) is 0 Å². The zero-order valence-electron chi connectivity index (χ0n) is 17.5. The van der Waals surface area contributed by atoms with Crippen molar-refractivity contribution < 1.29 is 13.2 Å². The fourth-order valence-corrected chi connectivity index (χ4v) is 5.44. The number of carbonyl (C=O) groups is 1. The molecular weight excluding hydrogens is 464 g/mol. The summed E-state index contributed by atoms with van der Waals surface area (Å²) in [4.78, 5) is 15.5. The molecule has 1 unspecified atom stereocenters. The van der Waals surface area contributed by atoms with Crippen LogP contribution in [0.5, 0.6) is 0 Å². The third kappa shape index (κ3) is 5.13. The minimum atomic E-state index is -3.82. The van der Waals surface area contributed by atoms with Gasteiger partial charge in [0.1, 0.15) is 4.75 Å². The fourth-order valence-electron chi connectivity index (χ4n) is 3.77. The fraction of sp³-hybridized carbons (Fsp3) is 0.435. The molecule has 0 bridgehead atoms. The van der Waals surface area contributed by atoms with E-state index in [0.29, 0.717) is 6.54 Å². The summed E-state index contributed by atoms with van der Waals surface area (Å²) < 4.78 is 25.4. The van der Waals surface area contributed by atoms with Crippen molar-refractivity contribution in [3.05, 3.63) is 64.6 Å². The Labute approximate surface area is 187 Å². The highest BCUT2D eigenvalue weighted by atomic mass is 79.9. The lowest BCUT2D eigenvalue weighted by Gasteiger charge is -2.36. The number of piperidine rings is 1. The van der Waals surface area contributed by atoms with Crippen LogP contribution >= 0.6 is 15.9 Å². The molecule has 1 amide bonds. The summed E-state index contributed by atoms with van der Waals surface area (Å²) in [5, 5.41) is 2.93. The number of nitrogens with zero attached hydrogens (tertiary/aromatic N) is 1. The Morgan fingerprint density at radius 3 is 2.43 bits per heavy atom. The molecule has 1 aliphatic rings. The normalized spacial score (nSPS) is 18.2. The third-order valence-electron chi connectivity index (χ3n) is 5.82. The predicted octanol–water partition coefficient (Wildman–Crippen LogP) is 4.17. The Morgan fingerprint density at radius 2 is 1.77 bits per heavy atom. The summed E-state index contributed by atoms with van der Waals surface area (Å²) >= 11 is 3.31. The van der Waals surface area contributed by atoms with Crippen LogP contribution in [0.15, 0.2) is 64.0 Å². The van der Waals surface area contributed by atoms with E-state index in [9.17, 15) is 13.2 Å². The zero-order chi connectivity index (χ0) is 21.8. The summed E-state index contributed by atoms with van der Waals surface area (Å²) in [6.07, 6.45) is 3.25. The van der Waals surface area contributed by atoms with Crippen molar-refractivity contribution in [2.75, 3.05) is 13.1 Å². The van der Waals surface area contributed by atoms with E-state index in [1.54, 1.807) is 12.1 Å². The molecule has 1 aliphatic heterocycles. The first-order chi connectivity index (χ1) is 14.2. The minimum Gasteiger partial charge on any atom is -0.353 e. The van der Waals surface area contributed by atoms with Crippen LogP contribution in [-0.2, 0) is 21.2 Å². The van der Waals surface area contributed by atoms with Crippen LogP contribution < -0.4 is 5.32 Å². The van der Waals surface area contributed by atoms with Crippen LogP contribution in [0.4, 0.5) is 0 Å². The molecule has 1 N–H and O–H groups in total. The van der Waals surface area contributed by atoms with Gasteiger partial charge in [-0.05, 0) is 63.1 Å². The molecule has 0 spiro atoms. The maximum Gasteiger partial charge on any atom is 0.241 e.